The summed E-state index contributed by atoms with van der Waals surface area (Å²) in [6.07, 6.45) is 36.7. The molecule has 49 heavy (non-hydrogen) atoms. The Hall–Kier alpha value is -1.14. The van der Waals surface area contributed by atoms with Gasteiger partial charge in [-0.25, -0.2) is 0 Å². The second-order valence-electron chi connectivity index (χ2n) is 14.9. The standard InChI is InChI=1S/C43H85NO5/c1-5-9-13-16-19-20-21-24-30-38-48-42(46)34-29-28-33-41(44(36-37-45)49-43(47)35-25-12-8-4)39-40(31-26-22-17-14-10-6-2)32-27-23-18-15-11-7-3/h40-41,45H,5-39H2,1-4H3. The van der Waals surface area contributed by atoms with Crippen molar-refractivity contribution < 1.29 is 24.3 Å². The number of hydrogen-bond acceptors (Lipinski definition) is 6. The predicted molar refractivity (Wildman–Crippen MR) is 209 cm³/mol. The lowest BCUT2D eigenvalue weighted by molar-refractivity contribution is -0.207. The molecule has 0 fully saturated rings. The summed E-state index contributed by atoms with van der Waals surface area (Å²) in [4.78, 5) is 31.3. The molecule has 0 aromatic carbocycles. The minimum atomic E-state index is -0.185. The predicted octanol–water partition coefficient (Wildman–Crippen LogP) is 12.8. The van der Waals surface area contributed by atoms with Gasteiger partial charge in [0.25, 0.3) is 0 Å². The molecule has 0 heterocycles. The number of nitrogens with zero attached hydrogens (tertiary/aromatic N) is 1. The number of aliphatic hydroxyl groups excluding tert-OH is 1. The highest BCUT2D eigenvalue weighted by atomic mass is 16.7. The molecule has 1 atom stereocenters. The van der Waals surface area contributed by atoms with E-state index in [2.05, 4.69) is 27.7 Å². The van der Waals surface area contributed by atoms with Crippen molar-refractivity contribution in [3.05, 3.63) is 0 Å². The van der Waals surface area contributed by atoms with Gasteiger partial charge in [-0.2, -0.15) is 0 Å². The zero-order valence-electron chi connectivity index (χ0n) is 33.4. The molecule has 0 spiro atoms. The molecule has 0 amide bonds. The molecule has 0 saturated carbocycles. The van der Waals surface area contributed by atoms with Crippen LogP contribution in [0.5, 0.6) is 0 Å². The molecule has 0 aromatic rings. The quantitative estimate of drug-likeness (QED) is 0.0392. The normalized spacial score (nSPS) is 12.2. The SMILES string of the molecule is CCCCCCCCCCCOC(=O)CCCCC(CC(CCCCCCCC)CCCCCCCC)N(CCO)OC(=O)CCCCC. The maximum atomic E-state index is 12.8. The fourth-order valence-corrected chi connectivity index (χ4v) is 6.99. The van der Waals surface area contributed by atoms with E-state index in [1.165, 1.54) is 135 Å². The Morgan fingerprint density at radius 1 is 0.510 bits per heavy atom. The minimum absolute atomic E-state index is 0.0382. The van der Waals surface area contributed by atoms with Gasteiger partial charge in [-0.15, -0.1) is 5.06 Å². The monoisotopic (exact) mass is 696 g/mol. The van der Waals surface area contributed by atoms with E-state index in [9.17, 15) is 14.7 Å². The number of rotatable bonds is 39. The van der Waals surface area contributed by atoms with E-state index in [4.69, 9.17) is 9.57 Å². The second kappa shape index (κ2) is 38.1. The van der Waals surface area contributed by atoms with Gasteiger partial charge in [0.15, 0.2) is 0 Å². The molecule has 0 radical (unpaired) electrons. The highest BCUT2D eigenvalue weighted by Gasteiger charge is 2.26. The number of ether oxygens (including phenoxy) is 1. The molecule has 0 aliphatic carbocycles. The zero-order chi connectivity index (χ0) is 36.0. The Bertz CT molecular complexity index is 686. The lowest BCUT2D eigenvalue weighted by atomic mass is 9.87. The average Bonchev–Trinajstić information content (AvgIpc) is 3.09. The summed E-state index contributed by atoms with van der Waals surface area (Å²) in [5, 5.41) is 11.8. The molecule has 6 heteroatoms. The van der Waals surface area contributed by atoms with Crippen molar-refractivity contribution in [3.8, 4) is 0 Å². The zero-order valence-corrected chi connectivity index (χ0v) is 33.4. The van der Waals surface area contributed by atoms with Crippen molar-refractivity contribution in [2.75, 3.05) is 19.8 Å². The van der Waals surface area contributed by atoms with Gasteiger partial charge < -0.3 is 14.7 Å². The van der Waals surface area contributed by atoms with E-state index in [1.807, 2.05) is 5.06 Å². The molecular formula is C43H85NO5. The van der Waals surface area contributed by atoms with Crippen LogP contribution in [0.3, 0.4) is 0 Å². The average molecular weight is 696 g/mol. The van der Waals surface area contributed by atoms with E-state index in [0.717, 1.165) is 57.8 Å². The topological polar surface area (TPSA) is 76.1 Å². The summed E-state index contributed by atoms with van der Waals surface area (Å²) in [6.45, 7) is 9.77. The molecule has 0 saturated heterocycles. The number of unbranched alkanes of at least 4 members (excludes halogenated alkanes) is 21. The molecule has 0 bridgehead atoms. The highest BCUT2D eigenvalue weighted by molar-refractivity contribution is 5.69. The van der Waals surface area contributed by atoms with E-state index < -0.39 is 0 Å². The lowest BCUT2D eigenvalue weighted by Crippen LogP contribution is -2.40. The van der Waals surface area contributed by atoms with Gasteiger partial charge in [0.05, 0.1) is 19.8 Å². The third-order valence-corrected chi connectivity index (χ3v) is 10.1. The Kier molecular flexibility index (Phi) is 37.2. The van der Waals surface area contributed by atoms with Crippen molar-refractivity contribution in [2.24, 2.45) is 5.92 Å². The van der Waals surface area contributed by atoms with E-state index in [0.29, 0.717) is 31.9 Å². The van der Waals surface area contributed by atoms with Gasteiger partial charge in [0.2, 0.25) is 0 Å². The molecule has 0 aromatic heterocycles. The molecule has 6 nitrogen and oxygen atoms in total. The summed E-state index contributed by atoms with van der Waals surface area (Å²) in [7, 11) is 0. The number of aliphatic hydroxyl groups is 1. The number of hydrogen-bond donors (Lipinski definition) is 1. The van der Waals surface area contributed by atoms with Crippen LogP contribution in [-0.4, -0.2) is 47.9 Å². The van der Waals surface area contributed by atoms with Crippen LogP contribution in [0, 0.1) is 5.92 Å². The Balaban J connectivity index is 5.09. The summed E-state index contributed by atoms with van der Waals surface area (Å²) in [6, 6.07) is 0.0606. The van der Waals surface area contributed by atoms with Crippen LogP contribution >= 0.6 is 0 Å². The van der Waals surface area contributed by atoms with Crippen LogP contribution < -0.4 is 0 Å². The summed E-state index contributed by atoms with van der Waals surface area (Å²) < 4.78 is 5.57. The number of carbonyl (C=O) groups is 2. The molecule has 292 valence electrons. The minimum Gasteiger partial charge on any atom is -0.466 e. The fraction of sp³-hybridized carbons (Fsp3) is 0.953. The highest BCUT2D eigenvalue weighted by Crippen LogP contribution is 2.28. The summed E-state index contributed by atoms with van der Waals surface area (Å²) in [5.74, 6) is 0.314. The maximum absolute atomic E-state index is 12.8. The summed E-state index contributed by atoms with van der Waals surface area (Å²) in [5.41, 5.74) is 0. The van der Waals surface area contributed by atoms with Crippen LogP contribution in [0.25, 0.3) is 0 Å². The van der Waals surface area contributed by atoms with Crippen LogP contribution in [0.15, 0.2) is 0 Å². The van der Waals surface area contributed by atoms with Crippen LogP contribution in [0.1, 0.15) is 233 Å². The van der Waals surface area contributed by atoms with Gasteiger partial charge in [0.1, 0.15) is 0 Å². The molecular weight excluding hydrogens is 610 g/mol. The Labute approximate surface area is 305 Å². The first-order valence-corrected chi connectivity index (χ1v) is 21.8. The fourth-order valence-electron chi connectivity index (χ4n) is 6.99. The lowest BCUT2D eigenvalue weighted by Gasteiger charge is -2.32. The molecule has 1 N–H and O–H groups in total. The van der Waals surface area contributed by atoms with Gasteiger partial charge in [0, 0.05) is 18.9 Å². The second-order valence-corrected chi connectivity index (χ2v) is 14.9. The van der Waals surface area contributed by atoms with Crippen molar-refractivity contribution in [1.82, 2.24) is 5.06 Å². The third-order valence-electron chi connectivity index (χ3n) is 10.1. The Morgan fingerprint density at radius 2 is 0.918 bits per heavy atom. The van der Waals surface area contributed by atoms with Gasteiger partial charge in [-0.3, -0.25) is 9.59 Å². The van der Waals surface area contributed by atoms with Crippen molar-refractivity contribution >= 4 is 11.9 Å². The first-order valence-electron chi connectivity index (χ1n) is 21.8. The smallest absolute Gasteiger partial charge is 0.325 e. The maximum Gasteiger partial charge on any atom is 0.325 e. The van der Waals surface area contributed by atoms with E-state index in [-0.39, 0.29) is 24.6 Å². The first-order chi connectivity index (χ1) is 24.0. The molecule has 0 aliphatic heterocycles. The molecule has 1 unspecified atom stereocenters. The number of carbonyl (C=O) groups excluding carboxylic acids is 2. The number of hydroxylamine groups is 2. The largest absolute Gasteiger partial charge is 0.466 e. The van der Waals surface area contributed by atoms with Crippen molar-refractivity contribution in [1.29, 1.82) is 0 Å². The van der Waals surface area contributed by atoms with E-state index >= 15 is 0 Å². The van der Waals surface area contributed by atoms with E-state index in [1.54, 1.807) is 0 Å². The summed E-state index contributed by atoms with van der Waals surface area (Å²) >= 11 is 0. The van der Waals surface area contributed by atoms with Crippen molar-refractivity contribution in [2.45, 2.75) is 239 Å². The van der Waals surface area contributed by atoms with Crippen LogP contribution in [0.4, 0.5) is 0 Å². The van der Waals surface area contributed by atoms with Gasteiger partial charge in [-0.05, 0) is 38.0 Å². The van der Waals surface area contributed by atoms with Crippen molar-refractivity contribution in [3.63, 3.8) is 0 Å². The van der Waals surface area contributed by atoms with Gasteiger partial charge in [-0.1, -0.05) is 188 Å². The Morgan fingerprint density at radius 3 is 1.43 bits per heavy atom. The van der Waals surface area contributed by atoms with Crippen LogP contribution in [-0.2, 0) is 19.2 Å². The van der Waals surface area contributed by atoms with Crippen LogP contribution in [0.2, 0.25) is 0 Å². The third kappa shape index (κ3) is 32.5. The molecule has 0 rings (SSSR count). The number of esters is 1. The van der Waals surface area contributed by atoms with Gasteiger partial charge >= 0.3 is 11.9 Å². The first kappa shape index (κ1) is 47.9. The molecule has 0 aliphatic rings.